The van der Waals surface area contributed by atoms with Gasteiger partial charge in [-0.15, -0.1) is 0 Å². The maximum absolute atomic E-state index is 12.6. The summed E-state index contributed by atoms with van der Waals surface area (Å²) in [5, 5.41) is 16.7. The Bertz CT molecular complexity index is 942. The van der Waals surface area contributed by atoms with E-state index in [4.69, 9.17) is 5.11 Å². The fourth-order valence-corrected chi connectivity index (χ4v) is 4.23. The molecule has 1 N–H and O–H groups in total. The predicted octanol–water partition coefficient (Wildman–Crippen LogP) is -0.762. The van der Waals surface area contributed by atoms with E-state index >= 15 is 0 Å². The molecule has 2 aromatic heterocycles. The molecular weight excluding hydrogens is 376 g/mol. The molecule has 0 unspecified atom stereocenters. The smallest absolute Gasteiger partial charge is 0.338 e. The predicted molar refractivity (Wildman–Crippen MR) is 92.4 cm³/mol. The third kappa shape index (κ3) is 4.17. The zero-order chi connectivity index (χ0) is 19.6. The van der Waals surface area contributed by atoms with Crippen LogP contribution in [0.5, 0.6) is 0 Å². The van der Waals surface area contributed by atoms with Crippen molar-refractivity contribution in [2.24, 2.45) is 7.05 Å². The quantitative estimate of drug-likeness (QED) is 0.679. The summed E-state index contributed by atoms with van der Waals surface area (Å²) < 4.78 is 29.3. The summed E-state index contributed by atoms with van der Waals surface area (Å²) in [6.07, 6.45) is 5.52. The lowest BCUT2D eigenvalue weighted by Gasteiger charge is -2.33. The third-order valence-corrected chi connectivity index (χ3v) is 6.20. The highest BCUT2D eigenvalue weighted by molar-refractivity contribution is 7.89. The fourth-order valence-electron chi connectivity index (χ4n) is 2.82. The number of aryl methyl sites for hydroxylation is 2. The lowest BCUT2D eigenvalue weighted by Crippen LogP contribution is -2.50. The molecule has 0 atom stereocenters. The van der Waals surface area contributed by atoms with Gasteiger partial charge in [-0.1, -0.05) is 0 Å². The summed E-state index contributed by atoms with van der Waals surface area (Å²) in [4.78, 5) is 24.9. The molecule has 1 aliphatic rings. The summed E-state index contributed by atoms with van der Waals surface area (Å²) in [6, 6.07) is 0. The van der Waals surface area contributed by atoms with Gasteiger partial charge in [-0.3, -0.25) is 14.2 Å². The normalized spacial score (nSPS) is 15.8. The molecule has 1 saturated heterocycles. The van der Waals surface area contributed by atoms with E-state index in [1.807, 2.05) is 0 Å². The number of hydrogen-bond acceptors (Lipinski definition) is 6. The molecule has 1 amide bonds. The molecular formula is C15H20N6O5S. The van der Waals surface area contributed by atoms with Gasteiger partial charge in [-0.25, -0.2) is 13.2 Å². The lowest BCUT2D eigenvalue weighted by molar-refractivity contribution is -0.132. The zero-order valence-electron chi connectivity index (χ0n) is 14.7. The maximum Gasteiger partial charge on any atom is 0.338 e. The van der Waals surface area contributed by atoms with E-state index in [9.17, 15) is 18.0 Å². The van der Waals surface area contributed by atoms with Crippen LogP contribution < -0.4 is 0 Å². The molecule has 0 aromatic carbocycles. The number of piperazine rings is 1. The molecule has 0 spiro atoms. The minimum atomic E-state index is -3.61. The molecule has 12 heteroatoms. The first kappa shape index (κ1) is 19.0. The molecule has 11 nitrogen and oxygen atoms in total. The molecule has 0 radical (unpaired) electrons. The molecule has 3 rings (SSSR count). The molecule has 27 heavy (non-hydrogen) atoms. The van der Waals surface area contributed by atoms with Gasteiger partial charge in [-0.05, 0) is 0 Å². The number of rotatable bonds is 6. The molecule has 0 bridgehead atoms. The molecule has 0 saturated carbocycles. The van der Waals surface area contributed by atoms with Crippen LogP contribution in [0.2, 0.25) is 0 Å². The van der Waals surface area contributed by atoms with E-state index in [1.54, 1.807) is 11.9 Å². The van der Waals surface area contributed by atoms with Gasteiger partial charge in [0.15, 0.2) is 0 Å². The maximum atomic E-state index is 12.6. The van der Waals surface area contributed by atoms with Crippen LogP contribution in [0.1, 0.15) is 16.8 Å². The molecule has 0 aliphatic carbocycles. The van der Waals surface area contributed by atoms with Crippen LogP contribution in [-0.4, -0.2) is 80.3 Å². The van der Waals surface area contributed by atoms with E-state index in [2.05, 4.69) is 10.2 Å². The number of carboxylic acid groups (broad SMARTS) is 1. The van der Waals surface area contributed by atoms with Gasteiger partial charge in [0, 0.05) is 58.6 Å². The average Bonchev–Trinajstić information content (AvgIpc) is 3.29. The van der Waals surface area contributed by atoms with Crippen molar-refractivity contribution in [1.29, 1.82) is 0 Å². The van der Waals surface area contributed by atoms with Crippen LogP contribution >= 0.6 is 0 Å². The number of aromatic carboxylic acids is 1. The fraction of sp³-hybridized carbons (Fsp3) is 0.467. The molecule has 2 aromatic rings. The van der Waals surface area contributed by atoms with Crippen molar-refractivity contribution in [3.8, 4) is 0 Å². The summed E-state index contributed by atoms with van der Waals surface area (Å²) in [7, 11) is -1.96. The Morgan fingerprint density at radius 1 is 1.11 bits per heavy atom. The van der Waals surface area contributed by atoms with Crippen molar-refractivity contribution in [3.05, 3.63) is 30.4 Å². The van der Waals surface area contributed by atoms with Gasteiger partial charge in [0.05, 0.1) is 18.0 Å². The highest BCUT2D eigenvalue weighted by Gasteiger charge is 2.30. The first-order chi connectivity index (χ1) is 12.8. The summed E-state index contributed by atoms with van der Waals surface area (Å²) in [5.74, 6) is -1.20. The minimum absolute atomic E-state index is 0.0664. The molecule has 1 aliphatic heterocycles. The second-order valence-corrected chi connectivity index (χ2v) is 8.12. The van der Waals surface area contributed by atoms with E-state index in [0.29, 0.717) is 13.1 Å². The van der Waals surface area contributed by atoms with Crippen LogP contribution in [-0.2, 0) is 28.4 Å². The Balaban J connectivity index is 1.52. The average molecular weight is 396 g/mol. The minimum Gasteiger partial charge on any atom is -0.478 e. The molecule has 1 fully saturated rings. The van der Waals surface area contributed by atoms with Crippen LogP contribution in [0.25, 0.3) is 0 Å². The monoisotopic (exact) mass is 396 g/mol. The Morgan fingerprint density at radius 3 is 2.37 bits per heavy atom. The highest BCUT2D eigenvalue weighted by Crippen LogP contribution is 2.17. The number of hydrogen-bond donors (Lipinski definition) is 1. The lowest BCUT2D eigenvalue weighted by atomic mass is 10.3. The first-order valence-electron chi connectivity index (χ1n) is 8.29. The van der Waals surface area contributed by atoms with Crippen molar-refractivity contribution >= 4 is 21.9 Å². The van der Waals surface area contributed by atoms with Gasteiger partial charge < -0.3 is 10.0 Å². The number of sulfonamides is 1. The van der Waals surface area contributed by atoms with Gasteiger partial charge in [0.2, 0.25) is 15.9 Å². The number of carbonyl (C=O) groups is 2. The van der Waals surface area contributed by atoms with Gasteiger partial charge in [-0.2, -0.15) is 14.5 Å². The Morgan fingerprint density at radius 2 is 1.81 bits per heavy atom. The van der Waals surface area contributed by atoms with Crippen molar-refractivity contribution in [1.82, 2.24) is 28.8 Å². The number of carbonyl (C=O) groups excluding carboxylic acids is 1. The van der Waals surface area contributed by atoms with Crippen LogP contribution in [0, 0.1) is 0 Å². The number of aromatic nitrogens is 4. The van der Waals surface area contributed by atoms with Crippen LogP contribution in [0.4, 0.5) is 0 Å². The second-order valence-electron chi connectivity index (χ2n) is 6.18. The van der Waals surface area contributed by atoms with E-state index < -0.39 is 16.0 Å². The van der Waals surface area contributed by atoms with E-state index in [1.165, 1.54) is 38.5 Å². The van der Waals surface area contributed by atoms with E-state index in [0.717, 1.165) is 0 Å². The van der Waals surface area contributed by atoms with Gasteiger partial charge in [0.1, 0.15) is 4.90 Å². The van der Waals surface area contributed by atoms with Gasteiger partial charge in [0.25, 0.3) is 0 Å². The molecule has 3 heterocycles. The van der Waals surface area contributed by atoms with Gasteiger partial charge >= 0.3 is 5.97 Å². The van der Waals surface area contributed by atoms with Crippen molar-refractivity contribution in [2.45, 2.75) is 17.9 Å². The number of nitrogens with zero attached hydrogens (tertiary/aromatic N) is 6. The first-order valence-corrected chi connectivity index (χ1v) is 9.73. The Hall–Kier alpha value is -2.73. The highest BCUT2D eigenvalue weighted by atomic mass is 32.2. The summed E-state index contributed by atoms with van der Waals surface area (Å²) >= 11 is 0. The SMILES string of the molecule is Cn1cc(S(=O)(=O)N2CCN(C(=O)CCn3cc(C(=O)O)cn3)CC2)cn1. The zero-order valence-corrected chi connectivity index (χ0v) is 15.5. The molecule has 146 valence electrons. The number of amides is 1. The summed E-state index contributed by atoms with van der Waals surface area (Å²) in [5.41, 5.74) is 0.0664. The van der Waals surface area contributed by atoms with Crippen molar-refractivity contribution in [2.75, 3.05) is 26.2 Å². The second kappa shape index (κ2) is 7.48. The number of carboxylic acids is 1. The third-order valence-electron chi connectivity index (χ3n) is 4.35. The largest absolute Gasteiger partial charge is 0.478 e. The van der Waals surface area contributed by atoms with Crippen LogP contribution in [0.15, 0.2) is 29.7 Å². The Labute approximate surface area is 155 Å². The topological polar surface area (TPSA) is 131 Å². The van der Waals surface area contributed by atoms with Crippen molar-refractivity contribution in [3.63, 3.8) is 0 Å². The summed E-state index contributed by atoms with van der Waals surface area (Å²) in [6.45, 7) is 1.30. The van der Waals surface area contributed by atoms with Crippen molar-refractivity contribution < 1.29 is 23.1 Å². The Kier molecular flexibility index (Phi) is 5.28. The van der Waals surface area contributed by atoms with Crippen LogP contribution in [0.3, 0.4) is 0 Å². The standard InChI is InChI=1S/C15H20N6O5S/c1-18-11-13(9-16-18)27(25,26)21-6-4-19(5-7-21)14(22)2-3-20-10-12(8-17-20)15(23)24/h8-11H,2-7H2,1H3,(H,23,24). The van der Waals surface area contributed by atoms with E-state index in [-0.39, 0.29) is 42.4 Å².